The molecule has 0 atom stereocenters. The van der Waals surface area contributed by atoms with Gasteiger partial charge in [-0.1, -0.05) is 23.7 Å². The Balaban J connectivity index is 1.98. The van der Waals surface area contributed by atoms with Crippen molar-refractivity contribution in [1.29, 1.82) is 0 Å². The van der Waals surface area contributed by atoms with Crippen molar-refractivity contribution in [3.05, 3.63) is 40.2 Å². The maximum absolute atomic E-state index is 5.81. The summed E-state index contributed by atoms with van der Waals surface area (Å²) in [6, 6.07) is 7.49. The maximum atomic E-state index is 5.81. The SMILES string of the molecule is Clc1cccc(C[N-]c2nn[nH]n2)c1. The Bertz CT molecular complexity index is 400. The van der Waals surface area contributed by atoms with Crippen molar-refractivity contribution in [2.75, 3.05) is 0 Å². The maximum Gasteiger partial charge on any atom is 0.0617 e. The second-order valence-electron chi connectivity index (χ2n) is 2.66. The molecule has 0 saturated carbocycles. The van der Waals surface area contributed by atoms with Crippen LogP contribution in [0.25, 0.3) is 5.32 Å². The Hall–Kier alpha value is -1.62. The number of H-pyrrole nitrogens is 1. The fraction of sp³-hybridized carbons (Fsp3) is 0.125. The number of halogens is 1. The molecule has 1 heterocycles. The van der Waals surface area contributed by atoms with Crippen LogP contribution >= 0.6 is 11.6 Å². The lowest BCUT2D eigenvalue weighted by Crippen LogP contribution is -1.83. The fourth-order valence-electron chi connectivity index (χ4n) is 1.02. The Morgan fingerprint density at radius 1 is 1.43 bits per heavy atom. The third-order valence-electron chi connectivity index (χ3n) is 1.63. The molecule has 0 aliphatic heterocycles. The smallest absolute Gasteiger partial charge is 0.0617 e. The summed E-state index contributed by atoms with van der Waals surface area (Å²) in [6.45, 7) is 0.500. The molecule has 0 amide bonds. The van der Waals surface area contributed by atoms with Gasteiger partial charge in [-0.25, -0.2) is 0 Å². The molecular weight excluding hydrogens is 202 g/mol. The lowest BCUT2D eigenvalue weighted by molar-refractivity contribution is 0.881. The molecule has 1 N–H and O–H groups in total. The van der Waals surface area contributed by atoms with Crippen LogP contribution in [0.5, 0.6) is 0 Å². The van der Waals surface area contributed by atoms with E-state index in [2.05, 4.69) is 25.9 Å². The first-order chi connectivity index (χ1) is 6.84. The number of aromatic amines is 1. The highest BCUT2D eigenvalue weighted by Gasteiger charge is 1.92. The Labute approximate surface area is 85.5 Å². The van der Waals surface area contributed by atoms with Crippen molar-refractivity contribution in [1.82, 2.24) is 20.6 Å². The molecule has 0 aliphatic rings. The number of hydrogen-bond acceptors (Lipinski definition) is 3. The number of nitrogens with zero attached hydrogens (tertiary/aromatic N) is 4. The second-order valence-corrected chi connectivity index (χ2v) is 3.09. The highest BCUT2D eigenvalue weighted by atomic mass is 35.5. The molecule has 5 nitrogen and oxygen atoms in total. The Morgan fingerprint density at radius 3 is 3.07 bits per heavy atom. The summed E-state index contributed by atoms with van der Waals surface area (Å²) in [5, 5.41) is 17.9. The van der Waals surface area contributed by atoms with Crippen LogP contribution < -0.4 is 0 Å². The van der Waals surface area contributed by atoms with E-state index in [1.165, 1.54) is 0 Å². The average molecular weight is 209 g/mol. The number of tetrazole rings is 1. The Kier molecular flexibility index (Phi) is 2.60. The van der Waals surface area contributed by atoms with E-state index in [9.17, 15) is 0 Å². The van der Waals surface area contributed by atoms with E-state index in [0.717, 1.165) is 5.56 Å². The van der Waals surface area contributed by atoms with Gasteiger partial charge < -0.3 is 5.32 Å². The number of hydrogen-bond donors (Lipinski definition) is 1. The zero-order valence-corrected chi connectivity index (χ0v) is 7.94. The zero-order chi connectivity index (χ0) is 9.80. The lowest BCUT2D eigenvalue weighted by atomic mass is 10.2. The molecule has 0 radical (unpaired) electrons. The van der Waals surface area contributed by atoms with Gasteiger partial charge in [0.05, 0.1) is 5.95 Å². The molecule has 0 aliphatic carbocycles. The molecule has 2 aromatic rings. The van der Waals surface area contributed by atoms with E-state index < -0.39 is 0 Å². The van der Waals surface area contributed by atoms with E-state index in [4.69, 9.17) is 11.6 Å². The quantitative estimate of drug-likeness (QED) is 0.840. The first-order valence-corrected chi connectivity index (χ1v) is 4.38. The summed E-state index contributed by atoms with van der Waals surface area (Å²) >= 11 is 5.81. The molecule has 0 saturated heterocycles. The van der Waals surface area contributed by atoms with Gasteiger partial charge in [0.1, 0.15) is 0 Å². The van der Waals surface area contributed by atoms with Gasteiger partial charge in [-0.3, -0.25) is 15.4 Å². The van der Waals surface area contributed by atoms with Crippen LogP contribution in [0.1, 0.15) is 5.56 Å². The van der Waals surface area contributed by atoms with Gasteiger partial charge in [0.15, 0.2) is 0 Å². The van der Waals surface area contributed by atoms with Gasteiger partial charge in [0, 0.05) is 11.6 Å². The first kappa shape index (κ1) is 8.96. The van der Waals surface area contributed by atoms with E-state index in [1.54, 1.807) is 0 Å². The molecule has 0 fully saturated rings. The van der Waals surface area contributed by atoms with Crippen molar-refractivity contribution < 1.29 is 0 Å². The topological polar surface area (TPSA) is 68.6 Å². The molecule has 72 valence electrons. The standard InChI is InChI=1S/C8H7ClN5/c9-7-3-1-2-6(4-7)5-10-8-11-13-14-12-8/h1-4H,5H2,(H-,10,11,12,13,14)/q-1. The van der Waals surface area contributed by atoms with Crippen molar-refractivity contribution in [2.24, 2.45) is 0 Å². The average Bonchev–Trinajstić information content (AvgIpc) is 2.67. The number of aromatic nitrogens is 4. The van der Waals surface area contributed by atoms with Crippen LogP contribution in [0.2, 0.25) is 5.02 Å². The summed E-state index contributed by atoms with van der Waals surface area (Å²) in [4.78, 5) is 0. The minimum absolute atomic E-state index is 0.352. The summed E-state index contributed by atoms with van der Waals surface area (Å²) in [5.41, 5.74) is 1.02. The van der Waals surface area contributed by atoms with Crippen LogP contribution in [0.15, 0.2) is 24.3 Å². The lowest BCUT2D eigenvalue weighted by Gasteiger charge is -2.06. The molecule has 14 heavy (non-hydrogen) atoms. The first-order valence-electron chi connectivity index (χ1n) is 4.00. The van der Waals surface area contributed by atoms with Crippen molar-refractivity contribution in [2.45, 2.75) is 6.54 Å². The summed E-state index contributed by atoms with van der Waals surface area (Å²) in [6.07, 6.45) is 0. The Morgan fingerprint density at radius 2 is 2.36 bits per heavy atom. The van der Waals surface area contributed by atoms with E-state index in [-0.39, 0.29) is 0 Å². The van der Waals surface area contributed by atoms with Gasteiger partial charge >= 0.3 is 0 Å². The minimum atomic E-state index is 0.352. The van der Waals surface area contributed by atoms with Crippen molar-refractivity contribution >= 4 is 17.5 Å². The largest absolute Gasteiger partial charge is 0.386 e. The third-order valence-corrected chi connectivity index (χ3v) is 1.86. The molecular formula is C8H7ClN5-. The molecule has 6 heteroatoms. The van der Waals surface area contributed by atoms with E-state index in [0.29, 0.717) is 17.5 Å². The molecule has 1 aromatic heterocycles. The van der Waals surface area contributed by atoms with Crippen LogP contribution in [-0.2, 0) is 6.54 Å². The van der Waals surface area contributed by atoms with Crippen LogP contribution in [-0.4, -0.2) is 20.6 Å². The molecule has 2 rings (SSSR count). The number of benzene rings is 1. The monoisotopic (exact) mass is 208 g/mol. The second kappa shape index (κ2) is 4.06. The predicted molar refractivity (Wildman–Crippen MR) is 52.4 cm³/mol. The summed E-state index contributed by atoms with van der Waals surface area (Å²) < 4.78 is 0. The predicted octanol–water partition coefficient (Wildman–Crippen LogP) is 2.06. The summed E-state index contributed by atoms with van der Waals surface area (Å²) in [5.74, 6) is 0.352. The molecule has 1 aromatic carbocycles. The molecule has 0 spiro atoms. The highest BCUT2D eigenvalue weighted by Crippen LogP contribution is 2.16. The van der Waals surface area contributed by atoms with Gasteiger partial charge in [-0.05, 0) is 17.7 Å². The third kappa shape index (κ3) is 2.20. The number of nitrogens with one attached hydrogen (secondary N) is 1. The van der Waals surface area contributed by atoms with Crippen molar-refractivity contribution in [3.63, 3.8) is 0 Å². The zero-order valence-electron chi connectivity index (χ0n) is 7.18. The molecule has 0 bridgehead atoms. The van der Waals surface area contributed by atoms with Gasteiger partial charge in [-0.2, -0.15) is 0 Å². The minimum Gasteiger partial charge on any atom is -0.386 e. The van der Waals surface area contributed by atoms with Gasteiger partial charge in [-0.15, -0.1) is 5.21 Å². The fourth-order valence-corrected chi connectivity index (χ4v) is 1.23. The van der Waals surface area contributed by atoms with Crippen LogP contribution in [0.4, 0.5) is 5.95 Å². The van der Waals surface area contributed by atoms with Crippen LogP contribution in [0.3, 0.4) is 0 Å². The van der Waals surface area contributed by atoms with Gasteiger partial charge in [0.25, 0.3) is 0 Å². The van der Waals surface area contributed by atoms with E-state index in [1.807, 2.05) is 24.3 Å². The molecule has 0 unspecified atom stereocenters. The van der Waals surface area contributed by atoms with Crippen molar-refractivity contribution in [3.8, 4) is 0 Å². The summed E-state index contributed by atoms with van der Waals surface area (Å²) in [7, 11) is 0. The van der Waals surface area contributed by atoms with Crippen LogP contribution in [0, 0.1) is 0 Å². The normalized spacial score (nSPS) is 10.1. The number of rotatable bonds is 3. The van der Waals surface area contributed by atoms with Gasteiger partial charge in [0.2, 0.25) is 0 Å². The van der Waals surface area contributed by atoms with E-state index >= 15 is 0 Å². The highest BCUT2D eigenvalue weighted by molar-refractivity contribution is 6.30.